The molecule has 12 heavy (non-hydrogen) atoms. The number of nitrogens with zero attached hydrogens (tertiary/aromatic N) is 2. The van der Waals surface area contributed by atoms with Crippen LogP contribution in [0.3, 0.4) is 0 Å². The van der Waals surface area contributed by atoms with Crippen LogP contribution in [0.1, 0.15) is 37.6 Å². The first-order valence-corrected chi connectivity index (χ1v) is 4.30. The van der Waals surface area contributed by atoms with Gasteiger partial charge in [-0.15, -0.1) is 0 Å². The predicted molar refractivity (Wildman–Crippen MR) is 46.5 cm³/mol. The van der Waals surface area contributed by atoms with Crippen molar-refractivity contribution >= 4 is 0 Å². The molecule has 0 aliphatic carbocycles. The topological polar surface area (TPSA) is 52.5 Å². The molecule has 0 amide bonds. The third-order valence-electron chi connectivity index (χ3n) is 1.85. The van der Waals surface area contributed by atoms with Crippen LogP contribution in [0.2, 0.25) is 0 Å². The number of nitrogens with one attached hydrogen (secondary N) is 1. The van der Waals surface area contributed by atoms with E-state index in [2.05, 4.69) is 23.0 Å². The van der Waals surface area contributed by atoms with E-state index >= 15 is 0 Å². The number of hydrogen-bond acceptors (Lipinski definition) is 2. The molecule has 3 nitrogen and oxygen atoms in total. The van der Waals surface area contributed by atoms with E-state index in [1.165, 1.54) is 12.8 Å². The largest absolute Gasteiger partial charge is 0.347 e. The van der Waals surface area contributed by atoms with Gasteiger partial charge in [0.15, 0.2) is 5.69 Å². The van der Waals surface area contributed by atoms with Crippen LogP contribution in [0.15, 0.2) is 6.33 Å². The molecule has 1 heterocycles. The van der Waals surface area contributed by atoms with E-state index in [9.17, 15) is 0 Å². The van der Waals surface area contributed by atoms with Crippen LogP contribution in [-0.4, -0.2) is 9.97 Å². The molecule has 1 N–H and O–H groups in total. The Hall–Kier alpha value is -1.30. The lowest BCUT2D eigenvalue weighted by molar-refractivity contribution is 0.708. The summed E-state index contributed by atoms with van der Waals surface area (Å²) in [5.74, 6) is 0. The summed E-state index contributed by atoms with van der Waals surface area (Å²) >= 11 is 0. The summed E-state index contributed by atoms with van der Waals surface area (Å²) in [4.78, 5) is 6.88. The number of aryl methyl sites for hydroxylation is 1. The summed E-state index contributed by atoms with van der Waals surface area (Å²) < 4.78 is 0. The maximum absolute atomic E-state index is 8.63. The Labute approximate surface area is 72.4 Å². The summed E-state index contributed by atoms with van der Waals surface area (Å²) in [5, 5.41) is 8.63. The first-order valence-electron chi connectivity index (χ1n) is 4.30. The average Bonchev–Trinajstić information content (AvgIpc) is 2.52. The van der Waals surface area contributed by atoms with Gasteiger partial charge >= 0.3 is 0 Å². The molecule has 0 saturated carbocycles. The Morgan fingerprint density at radius 2 is 2.42 bits per heavy atom. The van der Waals surface area contributed by atoms with Crippen molar-refractivity contribution in [2.45, 2.75) is 32.6 Å². The first kappa shape index (κ1) is 8.79. The fraction of sp³-hybridized carbons (Fsp3) is 0.556. The predicted octanol–water partition coefficient (Wildman–Crippen LogP) is 2.01. The molecule has 0 saturated heterocycles. The van der Waals surface area contributed by atoms with Crippen LogP contribution in [0.4, 0.5) is 0 Å². The Morgan fingerprint density at radius 1 is 1.58 bits per heavy atom. The minimum absolute atomic E-state index is 0.547. The van der Waals surface area contributed by atoms with Gasteiger partial charge in [-0.2, -0.15) is 5.26 Å². The summed E-state index contributed by atoms with van der Waals surface area (Å²) in [5.41, 5.74) is 1.53. The zero-order valence-electron chi connectivity index (χ0n) is 7.30. The van der Waals surface area contributed by atoms with Crippen LogP contribution in [-0.2, 0) is 6.42 Å². The van der Waals surface area contributed by atoms with Crippen LogP contribution >= 0.6 is 0 Å². The minimum Gasteiger partial charge on any atom is -0.347 e. The summed E-state index contributed by atoms with van der Waals surface area (Å²) in [6.07, 6.45) is 6.07. The highest BCUT2D eigenvalue weighted by atomic mass is 14.9. The zero-order chi connectivity index (χ0) is 8.81. The van der Waals surface area contributed by atoms with Crippen molar-refractivity contribution in [1.82, 2.24) is 9.97 Å². The number of H-pyrrole nitrogens is 1. The Balaban J connectivity index is 2.46. The molecule has 0 bridgehead atoms. The number of rotatable bonds is 4. The second kappa shape index (κ2) is 4.55. The monoisotopic (exact) mass is 163 g/mol. The molecule has 0 aliphatic rings. The van der Waals surface area contributed by atoms with Crippen molar-refractivity contribution in [1.29, 1.82) is 5.26 Å². The van der Waals surface area contributed by atoms with Gasteiger partial charge in [-0.05, 0) is 12.8 Å². The van der Waals surface area contributed by atoms with E-state index in [1.807, 2.05) is 0 Å². The quantitative estimate of drug-likeness (QED) is 0.690. The van der Waals surface area contributed by atoms with Gasteiger partial charge < -0.3 is 4.98 Å². The molecule has 0 unspecified atom stereocenters. The van der Waals surface area contributed by atoms with E-state index in [-0.39, 0.29) is 0 Å². The third kappa shape index (κ3) is 2.09. The van der Waals surface area contributed by atoms with Crippen LogP contribution in [0.5, 0.6) is 0 Å². The number of aromatic amines is 1. The molecule has 0 atom stereocenters. The van der Waals surface area contributed by atoms with Crippen molar-refractivity contribution in [3.8, 4) is 6.07 Å². The zero-order valence-corrected chi connectivity index (χ0v) is 7.30. The van der Waals surface area contributed by atoms with Crippen molar-refractivity contribution in [3.63, 3.8) is 0 Å². The molecule has 1 aromatic rings. The van der Waals surface area contributed by atoms with Gasteiger partial charge in [0.2, 0.25) is 0 Å². The second-order valence-corrected chi connectivity index (χ2v) is 2.80. The van der Waals surface area contributed by atoms with Gasteiger partial charge in [0.25, 0.3) is 0 Å². The molecule has 0 aliphatic heterocycles. The van der Waals surface area contributed by atoms with Gasteiger partial charge in [-0.25, -0.2) is 4.98 Å². The van der Waals surface area contributed by atoms with Gasteiger partial charge in [-0.3, -0.25) is 0 Å². The molecule has 3 heteroatoms. The summed E-state index contributed by atoms with van der Waals surface area (Å²) in [7, 11) is 0. The second-order valence-electron chi connectivity index (χ2n) is 2.80. The molecule has 0 fully saturated rings. The maximum atomic E-state index is 8.63. The highest BCUT2D eigenvalue weighted by Gasteiger charge is 2.02. The lowest BCUT2D eigenvalue weighted by Crippen LogP contribution is -1.89. The number of imidazole rings is 1. The maximum Gasteiger partial charge on any atom is 0.161 e. The van der Waals surface area contributed by atoms with Crippen LogP contribution < -0.4 is 0 Å². The van der Waals surface area contributed by atoms with Gasteiger partial charge in [0.05, 0.1) is 12.0 Å². The van der Waals surface area contributed by atoms with Gasteiger partial charge in [0.1, 0.15) is 6.07 Å². The van der Waals surface area contributed by atoms with Gasteiger partial charge in [-0.1, -0.05) is 19.8 Å². The molecule has 0 radical (unpaired) electrons. The van der Waals surface area contributed by atoms with Crippen molar-refractivity contribution in [2.75, 3.05) is 0 Å². The number of hydrogen-bond donors (Lipinski definition) is 1. The summed E-state index contributed by atoms with van der Waals surface area (Å²) in [6, 6.07) is 2.06. The Kier molecular flexibility index (Phi) is 3.34. The third-order valence-corrected chi connectivity index (χ3v) is 1.85. The van der Waals surface area contributed by atoms with Crippen LogP contribution in [0, 0.1) is 11.3 Å². The molecular weight excluding hydrogens is 150 g/mol. The number of unbranched alkanes of at least 4 members (excludes halogenated alkanes) is 2. The smallest absolute Gasteiger partial charge is 0.161 e. The number of aromatic nitrogens is 2. The average molecular weight is 163 g/mol. The standard InChI is InChI=1S/C9H13N3/c1-2-3-4-5-8-9(6-10)12-7-11-8/h7H,2-5H2,1H3,(H,11,12). The highest BCUT2D eigenvalue weighted by Crippen LogP contribution is 2.06. The molecule has 1 rings (SSSR count). The van der Waals surface area contributed by atoms with Crippen molar-refractivity contribution in [2.24, 2.45) is 0 Å². The van der Waals surface area contributed by atoms with Crippen molar-refractivity contribution in [3.05, 3.63) is 17.7 Å². The first-order chi connectivity index (χ1) is 5.88. The Bertz CT molecular complexity index is 270. The lowest BCUT2D eigenvalue weighted by atomic mass is 10.1. The molecule has 1 aromatic heterocycles. The normalized spacial score (nSPS) is 9.67. The van der Waals surface area contributed by atoms with E-state index in [0.717, 1.165) is 18.5 Å². The molecule has 0 aromatic carbocycles. The van der Waals surface area contributed by atoms with E-state index in [1.54, 1.807) is 6.33 Å². The highest BCUT2D eigenvalue weighted by molar-refractivity contribution is 5.25. The SMILES string of the molecule is CCCCCc1[nH]cnc1C#N. The van der Waals surface area contributed by atoms with Crippen LogP contribution in [0.25, 0.3) is 0 Å². The van der Waals surface area contributed by atoms with Gasteiger partial charge in [0, 0.05) is 0 Å². The minimum atomic E-state index is 0.547. The fourth-order valence-electron chi connectivity index (χ4n) is 1.16. The Morgan fingerprint density at radius 3 is 3.08 bits per heavy atom. The lowest BCUT2D eigenvalue weighted by Gasteiger charge is -1.95. The molecule has 64 valence electrons. The fourth-order valence-corrected chi connectivity index (χ4v) is 1.16. The number of nitriles is 1. The molecular formula is C9H13N3. The van der Waals surface area contributed by atoms with E-state index < -0.39 is 0 Å². The van der Waals surface area contributed by atoms with E-state index in [4.69, 9.17) is 5.26 Å². The molecule has 0 spiro atoms. The van der Waals surface area contributed by atoms with E-state index in [0.29, 0.717) is 5.69 Å². The summed E-state index contributed by atoms with van der Waals surface area (Å²) in [6.45, 7) is 2.16. The van der Waals surface area contributed by atoms with Crippen molar-refractivity contribution < 1.29 is 0 Å².